The maximum atomic E-state index is 12.0. The van der Waals surface area contributed by atoms with Crippen LogP contribution in [0.3, 0.4) is 0 Å². The Balaban J connectivity index is 2.09. The van der Waals surface area contributed by atoms with Crippen LogP contribution < -0.4 is 0 Å². The van der Waals surface area contributed by atoms with Crippen molar-refractivity contribution in [3.63, 3.8) is 0 Å². The molecule has 2 atom stereocenters. The van der Waals surface area contributed by atoms with E-state index in [0.717, 1.165) is 5.56 Å². The molecule has 0 spiro atoms. The van der Waals surface area contributed by atoms with Gasteiger partial charge in [-0.25, -0.2) is 0 Å². The molecule has 0 N–H and O–H groups in total. The second kappa shape index (κ2) is 5.09. The van der Waals surface area contributed by atoms with Crippen LogP contribution in [-0.4, -0.2) is 14.5 Å². The standard InChI is InChI=1S/C13H15NO3S/c1-10-2-6-13(7-3-10)18(15,16)17-12-5-4-11(8-12)9-14/h2-3,6-7,11-12H,4-5,8H2,1H3/t11-,12-/m0/s1. The SMILES string of the molecule is Cc1ccc(S(=O)(=O)O[C@H]2CC[C@H](C#N)C2)cc1. The maximum Gasteiger partial charge on any atom is 0.297 e. The predicted molar refractivity (Wildman–Crippen MR) is 66.2 cm³/mol. The van der Waals surface area contributed by atoms with Crippen LogP contribution in [0.15, 0.2) is 29.2 Å². The van der Waals surface area contributed by atoms with E-state index in [2.05, 4.69) is 6.07 Å². The molecular formula is C13H15NO3S. The molecular weight excluding hydrogens is 250 g/mol. The molecule has 1 aliphatic carbocycles. The zero-order chi connectivity index (χ0) is 13.2. The Hall–Kier alpha value is -1.38. The van der Waals surface area contributed by atoms with Crippen LogP contribution in [0.2, 0.25) is 0 Å². The molecule has 0 amide bonds. The van der Waals surface area contributed by atoms with Gasteiger partial charge in [-0.15, -0.1) is 0 Å². The highest BCUT2D eigenvalue weighted by atomic mass is 32.2. The van der Waals surface area contributed by atoms with Gasteiger partial charge in [0.05, 0.1) is 17.1 Å². The molecule has 1 fully saturated rings. The summed E-state index contributed by atoms with van der Waals surface area (Å²) in [5.74, 6) is -0.0804. The van der Waals surface area contributed by atoms with Gasteiger partial charge in [0.2, 0.25) is 0 Å². The minimum absolute atomic E-state index is 0.0804. The molecule has 5 heteroatoms. The van der Waals surface area contributed by atoms with Gasteiger partial charge in [-0.2, -0.15) is 13.7 Å². The highest BCUT2D eigenvalue weighted by Gasteiger charge is 2.30. The van der Waals surface area contributed by atoms with Gasteiger partial charge in [-0.1, -0.05) is 17.7 Å². The zero-order valence-corrected chi connectivity index (χ0v) is 11.0. The lowest BCUT2D eigenvalue weighted by molar-refractivity contribution is 0.214. The fourth-order valence-electron chi connectivity index (χ4n) is 2.08. The summed E-state index contributed by atoms with van der Waals surface area (Å²) in [7, 11) is -3.70. The zero-order valence-electron chi connectivity index (χ0n) is 10.2. The molecule has 0 aliphatic heterocycles. The van der Waals surface area contributed by atoms with Crippen LogP contribution in [0.25, 0.3) is 0 Å². The normalized spacial score (nSPS) is 23.8. The van der Waals surface area contributed by atoms with E-state index in [1.54, 1.807) is 24.3 Å². The molecule has 0 heterocycles. The number of hydrogen-bond acceptors (Lipinski definition) is 4. The van der Waals surface area contributed by atoms with Crippen molar-refractivity contribution < 1.29 is 12.6 Å². The summed E-state index contributed by atoms with van der Waals surface area (Å²) in [4.78, 5) is 0.175. The van der Waals surface area contributed by atoms with Gasteiger partial charge in [-0.05, 0) is 38.3 Å². The van der Waals surface area contributed by atoms with E-state index in [1.807, 2.05) is 6.92 Å². The van der Waals surface area contributed by atoms with Crippen LogP contribution >= 0.6 is 0 Å². The van der Waals surface area contributed by atoms with E-state index in [0.29, 0.717) is 19.3 Å². The Morgan fingerprint density at radius 2 is 1.94 bits per heavy atom. The van der Waals surface area contributed by atoms with Gasteiger partial charge >= 0.3 is 0 Å². The summed E-state index contributed by atoms with van der Waals surface area (Å²) in [5.41, 5.74) is 0.999. The second-order valence-electron chi connectivity index (χ2n) is 4.62. The average molecular weight is 265 g/mol. The van der Waals surface area contributed by atoms with Gasteiger partial charge in [0, 0.05) is 5.92 Å². The minimum atomic E-state index is -3.70. The number of rotatable bonds is 3. The van der Waals surface area contributed by atoms with Crippen molar-refractivity contribution in [1.82, 2.24) is 0 Å². The van der Waals surface area contributed by atoms with E-state index in [4.69, 9.17) is 9.44 Å². The average Bonchev–Trinajstić information content (AvgIpc) is 2.76. The van der Waals surface area contributed by atoms with Crippen LogP contribution in [0, 0.1) is 24.2 Å². The Kier molecular flexibility index (Phi) is 3.69. The van der Waals surface area contributed by atoms with Crippen molar-refractivity contribution >= 4 is 10.1 Å². The number of benzene rings is 1. The first kappa shape index (κ1) is 13.1. The van der Waals surface area contributed by atoms with Gasteiger partial charge in [0.1, 0.15) is 0 Å². The minimum Gasteiger partial charge on any atom is -0.263 e. The summed E-state index contributed by atoms with van der Waals surface area (Å²) in [5, 5.41) is 8.77. The van der Waals surface area contributed by atoms with E-state index in [1.165, 1.54) is 0 Å². The second-order valence-corrected chi connectivity index (χ2v) is 6.20. The molecule has 2 rings (SSSR count). The smallest absolute Gasteiger partial charge is 0.263 e. The van der Waals surface area contributed by atoms with Crippen LogP contribution in [0.1, 0.15) is 24.8 Å². The topological polar surface area (TPSA) is 67.2 Å². The lowest BCUT2D eigenvalue weighted by Gasteiger charge is -2.11. The molecule has 1 saturated carbocycles. The van der Waals surface area contributed by atoms with E-state index >= 15 is 0 Å². The molecule has 96 valence electrons. The summed E-state index contributed by atoms with van der Waals surface area (Å²) in [6.07, 6.45) is 1.48. The largest absolute Gasteiger partial charge is 0.297 e. The van der Waals surface area contributed by atoms with Crippen molar-refractivity contribution in [3.8, 4) is 6.07 Å². The predicted octanol–water partition coefficient (Wildman–Crippen LogP) is 2.39. The van der Waals surface area contributed by atoms with E-state index < -0.39 is 10.1 Å². The molecule has 0 saturated heterocycles. The van der Waals surface area contributed by atoms with Crippen LogP contribution in [0.4, 0.5) is 0 Å². The quantitative estimate of drug-likeness (QED) is 0.787. The summed E-state index contributed by atoms with van der Waals surface area (Å²) < 4.78 is 29.2. The van der Waals surface area contributed by atoms with E-state index in [-0.39, 0.29) is 16.9 Å². The van der Waals surface area contributed by atoms with Crippen molar-refractivity contribution in [3.05, 3.63) is 29.8 Å². The number of nitriles is 1. The molecule has 1 aromatic rings. The lowest BCUT2D eigenvalue weighted by Crippen LogP contribution is -2.16. The Labute approximate surface area is 107 Å². The van der Waals surface area contributed by atoms with Crippen molar-refractivity contribution in [2.75, 3.05) is 0 Å². The fraction of sp³-hybridized carbons (Fsp3) is 0.462. The highest BCUT2D eigenvalue weighted by molar-refractivity contribution is 7.86. The van der Waals surface area contributed by atoms with Crippen LogP contribution in [-0.2, 0) is 14.3 Å². The fourth-order valence-corrected chi connectivity index (χ4v) is 3.20. The number of hydrogen-bond donors (Lipinski definition) is 0. The van der Waals surface area contributed by atoms with Crippen molar-refractivity contribution in [1.29, 1.82) is 5.26 Å². The van der Waals surface area contributed by atoms with Gasteiger partial charge in [0.15, 0.2) is 0 Å². The maximum absolute atomic E-state index is 12.0. The van der Waals surface area contributed by atoms with Gasteiger partial charge in [0.25, 0.3) is 10.1 Å². The Morgan fingerprint density at radius 1 is 1.28 bits per heavy atom. The summed E-state index contributed by atoms with van der Waals surface area (Å²) in [6.45, 7) is 1.89. The highest BCUT2D eigenvalue weighted by Crippen LogP contribution is 2.29. The van der Waals surface area contributed by atoms with E-state index in [9.17, 15) is 8.42 Å². The third-order valence-corrected chi connectivity index (χ3v) is 4.51. The Morgan fingerprint density at radius 3 is 2.50 bits per heavy atom. The molecule has 1 aromatic carbocycles. The molecule has 0 radical (unpaired) electrons. The lowest BCUT2D eigenvalue weighted by atomic mass is 10.1. The molecule has 1 aliphatic rings. The third-order valence-electron chi connectivity index (χ3n) is 3.14. The Bertz CT molecular complexity index is 557. The molecule has 0 bridgehead atoms. The summed E-state index contributed by atoms with van der Waals surface area (Å²) >= 11 is 0. The molecule has 0 aromatic heterocycles. The first-order valence-electron chi connectivity index (χ1n) is 5.91. The first-order valence-corrected chi connectivity index (χ1v) is 7.31. The monoisotopic (exact) mass is 265 g/mol. The third kappa shape index (κ3) is 2.89. The molecule has 4 nitrogen and oxygen atoms in total. The molecule has 0 unspecified atom stereocenters. The first-order chi connectivity index (χ1) is 8.51. The van der Waals surface area contributed by atoms with Gasteiger partial charge in [-0.3, -0.25) is 4.18 Å². The number of aryl methyl sites for hydroxylation is 1. The van der Waals surface area contributed by atoms with Crippen molar-refractivity contribution in [2.45, 2.75) is 37.2 Å². The van der Waals surface area contributed by atoms with Gasteiger partial charge < -0.3 is 0 Å². The summed E-state index contributed by atoms with van der Waals surface area (Å²) in [6, 6.07) is 8.72. The van der Waals surface area contributed by atoms with Crippen molar-refractivity contribution in [2.24, 2.45) is 5.92 Å². The molecule has 18 heavy (non-hydrogen) atoms. The van der Waals surface area contributed by atoms with Crippen LogP contribution in [0.5, 0.6) is 0 Å². The number of nitrogens with zero attached hydrogens (tertiary/aromatic N) is 1.